The zero-order valence-corrected chi connectivity index (χ0v) is 10.8. The lowest BCUT2D eigenvalue weighted by molar-refractivity contribution is 0.242. The molecule has 0 spiro atoms. The molecule has 0 aliphatic heterocycles. The minimum absolute atomic E-state index is 0.108. The molecule has 3 rings (SSSR count). The highest BCUT2D eigenvalue weighted by atomic mass is 19.1. The number of pyridine rings is 1. The van der Waals surface area contributed by atoms with Crippen molar-refractivity contribution in [1.82, 2.24) is 9.88 Å². The van der Waals surface area contributed by atoms with Gasteiger partial charge in [-0.15, -0.1) is 0 Å². The van der Waals surface area contributed by atoms with Crippen LogP contribution in [0.3, 0.4) is 0 Å². The maximum Gasteiger partial charge on any atom is 0.127 e. The van der Waals surface area contributed by atoms with E-state index in [-0.39, 0.29) is 5.82 Å². The van der Waals surface area contributed by atoms with Crippen LogP contribution in [0, 0.1) is 5.82 Å². The monoisotopic (exact) mass is 256 g/mol. The molecule has 1 fully saturated rings. The molecule has 2 nitrogen and oxygen atoms in total. The molecule has 0 radical (unpaired) electrons. The lowest BCUT2D eigenvalue weighted by Gasteiger charge is -2.22. The third-order valence-corrected chi connectivity index (χ3v) is 3.53. The summed E-state index contributed by atoms with van der Waals surface area (Å²) in [4.78, 5) is 6.39. The molecular weight excluding hydrogens is 239 g/mol. The number of rotatable bonds is 5. The minimum Gasteiger partial charge on any atom is -0.292 e. The number of aromatic nitrogens is 1. The molecule has 0 amide bonds. The van der Waals surface area contributed by atoms with Gasteiger partial charge >= 0.3 is 0 Å². The standard InChI is InChI=1S/C16H17FN2/c17-16-4-2-1-3-14(16)12-19(15-5-6-15)11-13-7-9-18-10-8-13/h1-4,7-10,15H,5-6,11-12H2. The molecular formula is C16H17FN2. The summed E-state index contributed by atoms with van der Waals surface area (Å²) in [6.45, 7) is 1.54. The van der Waals surface area contributed by atoms with Gasteiger partial charge in [0.15, 0.2) is 0 Å². The van der Waals surface area contributed by atoms with Gasteiger partial charge in [0.05, 0.1) is 0 Å². The molecule has 0 atom stereocenters. The average Bonchev–Trinajstić information content (AvgIpc) is 3.26. The summed E-state index contributed by atoms with van der Waals surface area (Å²) in [7, 11) is 0. The highest BCUT2D eigenvalue weighted by Gasteiger charge is 2.29. The van der Waals surface area contributed by atoms with Gasteiger partial charge in [0.1, 0.15) is 5.82 Å². The predicted octanol–water partition coefficient (Wildman–Crippen LogP) is 3.39. The van der Waals surface area contributed by atoms with Crippen molar-refractivity contribution in [2.45, 2.75) is 32.0 Å². The van der Waals surface area contributed by atoms with Crippen molar-refractivity contribution in [3.05, 3.63) is 65.7 Å². The van der Waals surface area contributed by atoms with Gasteiger partial charge in [-0.1, -0.05) is 18.2 Å². The summed E-state index contributed by atoms with van der Waals surface area (Å²) < 4.78 is 13.7. The lowest BCUT2D eigenvalue weighted by Crippen LogP contribution is -2.25. The fourth-order valence-corrected chi connectivity index (χ4v) is 2.32. The average molecular weight is 256 g/mol. The number of hydrogen-bond acceptors (Lipinski definition) is 2. The van der Waals surface area contributed by atoms with E-state index in [4.69, 9.17) is 0 Å². The Labute approximate surface area is 112 Å². The van der Waals surface area contributed by atoms with Gasteiger partial charge in [-0.3, -0.25) is 9.88 Å². The molecule has 0 bridgehead atoms. The van der Waals surface area contributed by atoms with Crippen molar-refractivity contribution in [1.29, 1.82) is 0 Å². The highest BCUT2D eigenvalue weighted by Crippen LogP contribution is 2.30. The Morgan fingerprint density at radius 1 is 1.05 bits per heavy atom. The van der Waals surface area contributed by atoms with Crippen molar-refractivity contribution in [2.75, 3.05) is 0 Å². The lowest BCUT2D eigenvalue weighted by atomic mass is 10.1. The summed E-state index contributed by atoms with van der Waals surface area (Å²) in [5.41, 5.74) is 2.02. The summed E-state index contributed by atoms with van der Waals surface area (Å²) in [6, 6.07) is 11.7. The molecule has 19 heavy (non-hydrogen) atoms. The smallest absolute Gasteiger partial charge is 0.127 e. The maximum absolute atomic E-state index is 13.7. The van der Waals surface area contributed by atoms with Crippen LogP contribution in [0.2, 0.25) is 0 Å². The summed E-state index contributed by atoms with van der Waals surface area (Å²) >= 11 is 0. The van der Waals surface area contributed by atoms with Gasteiger partial charge < -0.3 is 0 Å². The highest BCUT2D eigenvalue weighted by molar-refractivity contribution is 5.18. The Kier molecular flexibility index (Phi) is 3.56. The fraction of sp³-hybridized carbons (Fsp3) is 0.312. The Morgan fingerprint density at radius 2 is 1.79 bits per heavy atom. The van der Waals surface area contributed by atoms with Crippen LogP contribution in [0.25, 0.3) is 0 Å². The molecule has 1 aliphatic carbocycles. The molecule has 3 heteroatoms. The van der Waals surface area contributed by atoms with Gasteiger partial charge in [0, 0.05) is 37.1 Å². The van der Waals surface area contributed by atoms with E-state index < -0.39 is 0 Å². The predicted molar refractivity (Wildman–Crippen MR) is 72.9 cm³/mol. The van der Waals surface area contributed by atoms with Crippen molar-refractivity contribution < 1.29 is 4.39 Å². The Bertz CT molecular complexity index is 537. The minimum atomic E-state index is -0.108. The SMILES string of the molecule is Fc1ccccc1CN(Cc1ccncc1)C1CC1. The van der Waals surface area contributed by atoms with E-state index in [9.17, 15) is 4.39 Å². The van der Waals surface area contributed by atoms with Gasteiger partial charge in [-0.25, -0.2) is 4.39 Å². The summed E-state index contributed by atoms with van der Waals surface area (Å²) in [5.74, 6) is -0.108. The Morgan fingerprint density at radius 3 is 2.47 bits per heavy atom. The van der Waals surface area contributed by atoms with Crippen LogP contribution in [0.1, 0.15) is 24.0 Å². The summed E-state index contributed by atoms with van der Waals surface area (Å²) in [6.07, 6.45) is 6.06. The molecule has 0 N–H and O–H groups in total. The first-order chi connectivity index (χ1) is 9.33. The van der Waals surface area contributed by atoms with E-state index in [1.54, 1.807) is 6.07 Å². The Hall–Kier alpha value is -1.74. The van der Waals surface area contributed by atoms with E-state index in [2.05, 4.69) is 9.88 Å². The van der Waals surface area contributed by atoms with Gasteiger partial charge in [-0.2, -0.15) is 0 Å². The van der Waals surface area contributed by atoms with Crippen molar-refractivity contribution in [3.8, 4) is 0 Å². The van der Waals surface area contributed by atoms with E-state index in [1.165, 1.54) is 24.5 Å². The van der Waals surface area contributed by atoms with E-state index >= 15 is 0 Å². The van der Waals surface area contributed by atoms with Crippen molar-refractivity contribution in [2.24, 2.45) is 0 Å². The van der Waals surface area contributed by atoms with Crippen LogP contribution < -0.4 is 0 Å². The fourth-order valence-electron chi connectivity index (χ4n) is 2.32. The first-order valence-corrected chi connectivity index (χ1v) is 6.69. The van der Waals surface area contributed by atoms with Gasteiger partial charge in [0.2, 0.25) is 0 Å². The number of halogens is 1. The molecule has 1 aromatic carbocycles. The van der Waals surface area contributed by atoms with Crippen molar-refractivity contribution in [3.63, 3.8) is 0 Å². The van der Waals surface area contributed by atoms with Crippen LogP contribution >= 0.6 is 0 Å². The molecule has 0 saturated heterocycles. The number of nitrogens with zero attached hydrogens (tertiary/aromatic N) is 2. The van der Waals surface area contributed by atoms with Crippen LogP contribution in [0.5, 0.6) is 0 Å². The van der Waals surface area contributed by atoms with E-state index in [0.29, 0.717) is 12.6 Å². The van der Waals surface area contributed by atoms with E-state index in [1.807, 2.05) is 36.7 Å². The van der Waals surface area contributed by atoms with Crippen LogP contribution in [0.15, 0.2) is 48.8 Å². The number of hydrogen-bond donors (Lipinski definition) is 0. The first-order valence-electron chi connectivity index (χ1n) is 6.69. The second-order valence-electron chi connectivity index (χ2n) is 5.08. The second-order valence-corrected chi connectivity index (χ2v) is 5.08. The first kappa shape index (κ1) is 12.3. The topological polar surface area (TPSA) is 16.1 Å². The van der Waals surface area contributed by atoms with Crippen LogP contribution in [0.4, 0.5) is 4.39 Å². The second kappa shape index (κ2) is 5.49. The third kappa shape index (κ3) is 3.18. The molecule has 1 aliphatic rings. The van der Waals surface area contributed by atoms with Gasteiger partial charge in [0.25, 0.3) is 0 Å². The largest absolute Gasteiger partial charge is 0.292 e. The quantitative estimate of drug-likeness (QED) is 0.815. The van der Waals surface area contributed by atoms with Gasteiger partial charge in [-0.05, 0) is 36.6 Å². The zero-order valence-electron chi connectivity index (χ0n) is 10.8. The number of benzene rings is 1. The summed E-state index contributed by atoms with van der Waals surface area (Å²) in [5, 5.41) is 0. The molecule has 1 aromatic heterocycles. The van der Waals surface area contributed by atoms with Crippen LogP contribution in [-0.4, -0.2) is 15.9 Å². The maximum atomic E-state index is 13.7. The molecule has 1 heterocycles. The molecule has 98 valence electrons. The Balaban J connectivity index is 1.73. The molecule has 2 aromatic rings. The van der Waals surface area contributed by atoms with Crippen molar-refractivity contribution >= 4 is 0 Å². The zero-order chi connectivity index (χ0) is 13.1. The normalized spacial score (nSPS) is 14.8. The third-order valence-electron chi connectivity index (χ3n) is 3.53. The molecule has 0 unspecified atom stereocenters. The van der Waals surface area contributed by atoms with E-state index in [0.717, 1.165) is 12.1 Å². The molecule has 1 saturated carbocycles. The van der Waals surface area contributed by atoms with Crippen LogP contribution in [-0.2, 0) is 13.1 Å².